The van der Waals surface area contributed by atoms with Crippen molar-refractivity contribution in [3.63, 3.8) is 0 Å². The molecule has 0 aromatic carbocycles. The van der Waals surface area contributed by atoms with Crippen LogP contribution in [-0.4, -0.2) is 19.1 Å². The first kappa shape index (κ1) is 16.8. The lowest BCUT2D eigenvalue weighted by molar-refractivity contribution is -0.138. The van der Waals surface area contributed by atoms with Crippen molar-refractivity contribution in [1.29, 1.82) is 0 Å². The zero-order chi connectivity index (χ0) is 13.8. The molecule has 0 spiro atoms. The Labute approximate surface area is 111 Å². The molecule has 0 radical (unpaired) electrons. The standard InChI is InChI=1S/C15H27NO2/c1-5-8-9-10-12-16-13(4)14(11-6-2)15(17)18-7-3/h6,16H,2,5,7-12H2,1,3-4H3/b14-13-. The summed E-state index contributed by atoms with van der Waals surface area (Å²) in [6, 6.07) is 0. The van der Waals surface area contributed by atoms with E-state index in [1.165, 1.54) is 19.3 Å². The van der Waals surface area contributed by atoms with Crippen LogP contribution in [0, 0.1) is 0 Å². The van der Waals surface area contributed by atoms with Gasteiger partial charge in [-0.3, -0.25) is 0 Å². The van der Waals surface area contributed by atoms with Crippen molar-refractivity contribution in [2.45, 2.75) is 52.9 Å². The van der Waals surface area contributed by atoms with Crippen LogP contribution in [0.15, 0.2) is 23.9 Å². The first-order chi connectivity index (χ1) is 8.67. The number of carbonyl (C=O) groups is 1. The van der Waals surface area contributed by atoms with Gasteiger partial charge in [0.25, 0.3) is 0 Å². The Hall–Kier alpha value is -1.25. The normalized spacial score (nSPS) is 11.7. The average molecular weight is 253 g/mol. The molecule has 0 unspecified atom stereocenters. The minimum absolute atomic E-state index is 0.240. The van der Waals surface area contributed by atoms with Crippen molar-refractivity contribution in [3.05, 3.63) is 23.9 Å². The largest absolute Gasteiger partial charge is 0.463 e. The molecular weight excluding hydrogens is 226 g/mol. The van der Waals surface area contributed by atoms with Crippen LogP contribution in [0.25, 0.3) is 0 Å². The summed E-state index contributed by atoms with van der Waals surface area (Å²) in [4.78, 5) is 11.7. The molecule has 0 amide bonds. The summed E-state index contributed by atoms with van der Waals surface area (Å²) in [6.45, 7) is 10.9. The van der Waals surface area contributed by atoms with Gasteiger partial charge >= 0.3 is 5.97 Å². The smallest absolute Gasteiger partial charge is 0.336 e. The van der Waals surface area contributed by atoms with Crippen LogP contribution < -0.4 is 5.32 Å². The zero-order valence-corrected chi connectivity index (χ0v) is 12.1. The maximum absolute atomic E-state index is 11.7. The van der Waals surface area contributed by atoms with Gasteiger partial charge in [-0.05, 0) is 26.7 Å². The van der Waals surface area contributed by atoms with Crippen LogP contribution in [0.5, 0.6) is 0 Å². The van der Waals surface area contributed by atoms with Gasteiger partial charge in [-0.25, -0.2) is 4.79 Å². The highest BCUT2D eigenvalue weighted by atomic mass is 16.5. The topological polar surface area (TPSA) is 38.3 Å². The van der Waals surface area contributed by atoms with Crippen LogP contribution in [0.3, 0.4) is 0 Å². The van der Waals surface area contributed by atoms with Crippen LogP contribution in [0.4, 0.5) is 0 Å². The first-order valence-electron chi connectivity index (χ1n) is 6.88. The third-order valence-electron chi connectivity index (χ3n) is 2.74. The van der Waals surface area contributed by atoms with E-state index < -0.39 is 0 Å². The van der Waals surface area contributed by atoms with Gasteiger partial charge < -0.3 is 10.1 Å². The summed E-state index contributed by atoms with van der Waals surface area (Å²) < 4.78 is 5.04. The fourth-order valence-electron chi connectivity index (χ4n) is 1.69. The lowest BCUT2D eigenvalue weighted by Crippen LogP contribution is -2.19. The molecule has 0 saturated heterocycles. The molecule has 0 aliphatic carbocycles. The predicted octanol–water partition coefficient (Wildman–Crippen LogP) is 3.57. The Balaban J connectivity index is 4.29. The average Bonchev–Trinajstić information content (AvgIpc) is 2.35. The molecule has 18 heavy (non-hydrogen) atoms. The van der Waals surface area contributed by atoms with Gasteiger partial charge in [0, 0.05) is 12.2 Å². The van der Waals surface area contributed by atoms with Crippen LogP contribution in [0.2, 0.25) is 0 Å². The molecule has 0 aliphatic heterocycles. The second kappa shape index (κ2) is 10.9. The number of nitrogens with one attached hydrogen (secondary N) is 1. The summed E-state index contributed by atoms with van der Waals surface area (Å²) in [7, 11) is 0. The number of unbranched alkanes of at least 4 members (excludes halogenated alkanes) is 3. The maximum atomic E-state index is 11.7. The number of carbonyl (C=O) groups excluding carboxylic acids is 1. The molecule has 0 saturated carbocycles. The Morgan fingerprint density at radius 3 is 2.56 bits per heavy atom. The second-order valence-corrected chi connectivity index (χ2v) is 4.30. The molecule has 0 aromatic rings. The van der Waals surface area contributed by atoms with E-state index in [1.807, 2.05) is 13.8 Å². The molecule has 1 N–H and O–H groups in total. The van der Waals surface area contributed by atoms with E-state index in [0.717, 1.165) is 18.7 Å². The Bertz CT molecular complexity index is 282. The van der Waals surface area contributed by atoms with Crippen molar-refractivity contribution in [1.82, 2.24) is 5.32 Å². The van der Waals surface area contributed by atoms with Crippen molar-refractivity contribution in [2.75, 3.05) is 13.2 Å². The number of ether oxygens (including phenoxy) is 1. The molecule has 0 atom stereocenters. The highest BCUT2D eigenvalue weighted by Gasteiger charge is 2.12. The number of allylic oxidation sites excluding steroid dienone is 2. The fourth-order valence-corrected chi connectivity index (χ4v) is 1.69. The molecule has 0 heterocycles. The lowest BCUT2D eigenvalue weighted by atomic mass is 10.1. The molecule has 0 fully saturated rings. The Morgan fingerprint density at radius 2 is 2.00 bits per heavy atom. The number of hydrogen-bond acceptors (Lipinski definition) is 3. The molecule has 0 rings (SSSR count). The summed E-state index contributed by atoms with van der Waals surface area (Å²) in [5.41, 5.74) is 1.59. The lowest BCUT2D eigenvalue weighted by Gasteiger charge is -2.12. The van der Waals surface area contributed by atoms with Gasteiger partial charge in [-0.2, -0.15) is 0 Å². The molecule has 104 valence electrons. The highest BCUT2D eigenvalue weighted by Crippen LogP contribution is 2.10. The number of rotatable bonds is 10. The third-order valence-corrected chi connectivity index (χ3v) is 2.74. The van der Waals surface area contributed by atoms with E-state index in [4.69, 9.17) is 4.74 Å². The zero-order valence-electron chi connectivity index (χ0n) is 12.1. The first-order valence-corrected chi connectivity index (χ1v) is 6.88. The van der Waals surface area contributed by atoms with Crippen molar-refractivity contribution in [3.8, 4) is 0 Å². The molecular formula is C15H27NO2. The van der Waals surface area contributed by atoms with E-state index in [-0.39, 0.29) is 5.97 Å². The van der Waals surface area contributed by atoms with Crippen molar-refractivity contribution >= 4 is 5.97 Å². The predicted molar refractivity (Wildman–Crippen MR) is 76.3 cm³/mol. The highest BCUT2D eigenvalue weighted by molar-refractivity contribution is 5.89. The van der Waals surface area contributed by atoms with Crippen molar-refractivity contribution in [2.24, 2.45) is 0 Å². The molecule has 0 aromatic heterocycles. The van der Waals surface area contributed by atoms with Crippen molar-refractivity contribution < 1.29 is 9.53 Å². The van der Waals surface area contributed by atoms with E-state index in [1.54, 1.807) is 6.08 Å². The van der Waals surface area contributed by atoms with Gasteiger partial charge in [0.1, 0.15) is 0 Å². The van der Waals surface area contributed by atoms with Crippen LogP contribution in [0.1, 0.15) is 52.9 Å². The van der Waals surface area contributed by atoms with Gasteiger partial charge in [0.2, 0.25) is 0 Å². The van der Waals surface area contributed by atoms with E-state index in [0.29, 0.717) is 18.6 Å². The van der Waals surface area contributed by atoms with Gasteiger partial charge in [0.15, 0.2) is 0 Å². The van der Waals surface area contributed by atoms with Gasteiger partial charge in [0.05, 0.1) is 12.2 Å². The minimum atomic E-state index is -0.240. The summed E-state index contributed by atoms with van der Waals surface area (Å²) >= 11 is 0. The summed E-state index contributed by atoms with van der Waals surface area (Å²) in [5, 5.41) is 3.30. The van der Waals surface area contributed by atoms with Crippen LogP contribution >= 0.6 is 0 Å². The summed E-state index contributed by atoms with van der Waals surface area (Å²) in [5.74, 6) is -0.240. The summed E-state index contributed by atoms with van der Waals surface area (Å²) in [6.07, 6.45) is 7.14. The monoisotopic (exact) mass is 253 g/mol. The van der Waals surface area contributed by atoms with Crippen LogP contribution in [-0.2, 0) is 9.53 Å². The minimum Gasteiger partial charge on any atom is -0.463 e. The quantitative estimate of drug-likeness (QED) is 0.280. The number of hydrogen-bond donors (Lipinski definition) is 1. The van der Waals surface area contributed by atoms with Gasteiger partial charge in [-0.15, -0.1) is 6.58 Å². The third kappa shape index (κ3) is 7.15. The second-order valence-electron chi connectivity index (χ2n) is 4.30. The molecule has 0 bridgehead atoms. The molecule has 0 aliphatic rings. The number of esters is 1. The van der Waals surface area contributed by atoms with Gasteiger partial charge in [-0.1, -0.05) is 32.3 Å². The Morgan fingerprint density at radius 1 is 1.28 bits per heavy atom. The van der Waals surface area contributed by atoms with E-state index in [2.05, 4.69) is 18.8 Å². The van der Waals surface area contributed by atoms with E-state index in [9.17, 15) is 4.79 Å². The Kier molecular flexibility index (Phi) is 10.1. The molecule has 3 heteroatoms. The SMILES string of the molecule is C=CC/C(C(=O)OCC)=C(\C)NCCCCCC. The maximum Gasteiger partial charge on any atom is 0.336 e. The molecule has 3 nitrogen and oxygen atoms in total. The van der Waals surface area contributed by atoms with E-state index >= 15 is 0 Å². The fraction of sp³-hybridized carbons (Fsp3) is 0.667.